The summed E-state index contributed by atoms with van der Waals surface area (Å²) in [7, 11) is 0. The fourth-order valence-electron chi connectivity index (χ4n) is 2.50. The molecule has 0 aromatic heterocycles. The Morgan fingerprint density at radius 3 is 2.60 bits per heavy atom. The van der Waals surface area contributed by atoms with E-state index in [0.717, 1.165) is 50.8 Å². The Morgan fingerprint density at radius 2 is 1.95 bits per heavy atom. The maximum atomic E-state index is 8.95. The molecule has 0 aliphatic carbocycles. The van der Waals surface area contributed by atoms with E-state index in [0.29, 0.717) is 0 Å². The molecule has 0 spiro atoms. The van der Waals surface area contributed by atoms with Gasteiger partial charge in [-0.2, -0.15) is 0 Å². The summed E-state index contributed by atoms with van der Waals surface area (Å²) in [5.74, 6) is 0. The molecule has 4 nitrogen and oxygen atoms in total. The van der Waals surface area contributed by atoms with Crippen molar-refractivity contribution in [2.45, 2.75) is 6.42 Å². The van der Waals surface area contributed by atoms with Crippen molar-refractivity contribution >= 4 is 17.3 Å². The van der Waals surface area contributed by atoms with Crippen LogP contribution in [0.3, 0.4) is 0 Å². The number of quaternary nitrogens is 1. The summed E-state index contributed by atoms with van der Waals surface area (Å²) < 4.78 is 0. The quantitative estimate of drug-likeness (QED) is 0.628. The van der Waals surface area contributed by atoms with Crippen molar-refractivity contribution in [3.63, 3.8) is 0 Å². The Labute approximate surface area is 126 Å². The summed E-state index contributed by atoms with van der Waals surface area (Å²) in [6.07, 6.45) is 0.997. The molecule has 1 saturated heterocycles. The zero-order valence-electron chi connectivity index (χ0n) is 11.8. The van der Waals surface area contributed by atoms with Gasteiger partial charge in [-0.1, -0.05) is 30.3 Å². The van der Waals surface area contributed by atoms with Gasteiger partial charge in [0.1, 0.15) is 6.54 Å². The van der Waals surface area contributed by atoms with Gasteiger partial charge in [-0.05, 0) is 24.2 Å². The van der Waals surface area contributed by atoms with Crippen molar-refractivity contribution in [2.75, 3.05) is 45.9 Å². The molecule has 1 aliphatic heterocycles. The molecular weight excluding hydrogens is 270 g/mol. The van der Waals surface area contributed by atoms with Crippen molar-refractivity contribution in [1.82, 2.24) is 10.2 Å². The largest absolute Gasteiger partial charge is 0.391 e. The van der Waals surface area contributed by atoms with Crippen molar-refractivity contribution in [1.29, 1.82) is 0 Å². The van der Waals surface area contributed by atoms with Crippen LogP contribution in [-0.2, 0) is 6.42 Å². The molecule has 0 amide bonds. The third kappa shape index (κ3) is 4.74. The van der Waals surface area contributed by atoms with Crippen LogP contribution < -0.4 is 10.2 Å². The molecule has 110 valence electrons. The molecule has 0 atom stereocenters. The van der Waals surface area contributed by atoms with E-state index in [1.54, 1.807) is 0 Å². The highest BCUT2D eigenvalue weighted by atomic mass is 32.1. The molecule has 5 heteroatoms. The number of aliphatic hydroxyl groups excluding tert-OH is 1. The first-order chi connectivity index (χ1) is 9.79. The summed E-state index contributed by atoms with van der Waals surface area (Å²) in [5, 5.41) is 13.2. The molecule has 0 radical (unpaired) electrons. The lowest BCUT2D eigenvalue weighted by Gasteiger charge is -2.33. The first-order valence-corrected chi connectivity index (χ1v) is 7.71. The van der Waals surface area contributed by atoms with Gasteiger partial charge in [-0.25, -0.2) is 0 Å². The third-order valence-corrected chi connectivity index (χ3v) is 4.16. The predicted octanol–water partition coefficient (Wildman–Crippen LogP) is -0.704. The van der Waals surface area contributed by atoms with Crippen LogP contribution in [0.25, 0.3) is 0 Å². The van der Waals surface area contributed by atoms with Gasteiger partial charge in [0.15, 0.2) is 5.11 Å². The smallest absolute Gasteiger partial charge is 0.169 e. The molecule has 0 bridgehead atoms. The zero-order valence-corrected chi connectivity index (χ0v) is 12.7. The van der Waals surface area contributed by atoms with Gasteiger partial charge >= 0.3 is 0 Å². The van der Waals surface area contributed by atoms with Gasteiger partial charge < -0.3 is 20.2 Å². The molecule has 3 N–H and O–H groups in total. The second-order valence-electron chi connectivity index (χ2n) is 5.18. The van der Waals surface area contributed by atoms with E-state index in [1.807, 2.05) is 6.07 Å². The van der Waals surface area contributed by atoms with E-state index in [1.165, 1.54) is 10.5 Å². The van der Waals surface area contributed by atoms with Crippen molar-refractivity contribution in [3.8, 4) is 0 Å². The number of rotatable bonds is 5. The molecule has 20 heavy (non-hydrogen) atoms. The molecule has 1 heterocycles. The van der Waals surface area contributed by atoms with Crippen LogP contribution in [0.5, 0.6) is 0 Å². The van der Waals surface area contributed by atoms with Crippen molar-refractivity contribution in [2.24, 2.45) is 0 Å². The molecular formula is C15H24N3OS+. The molecule has 1 fully saturated rings. The highest BCUT2D eigenvalue weighted by molar-refractivity contribution is 7.80. The molecule has 0 saturated carbocycles. The number of aliphatic hydroxyl groups is 1. The first kappa shape index (κ1) is 15.2. The minimum atomic E-state index is 0.273. The number of hydrogen-bond acceptors (Lipinski definition) is 2. The van der Waals surface area contributed by atoms with E-state index in [9.17, 15) is 0 Å². The normalized spacial score (nSPS) is 16.1. The van der Waals surface area contributed by atoms with Gasteiger partial charge in [0.05, 0.1) is 32.8 Å². The van der Waals surface area contributed by atoms with Crippen molar-refractivity contribution < 1.29 is 10.0 Å². The van der Waals surface area contributed by atoms with Crippen LogP contribution in [0.15, 0.2) is 30.3 Å². The van der Waals surface area contributed by atoms with Crippen LogP contribution in [0, 0.1) is 0 Å². The van der Waals surface area contributed by atoms with E-state index in [4.69, 9.17) is 17.3 Å². The summed E-state index contributed by atoms with van der Waals surface area (Å²) in [6, 6.07) is 10.5. The average molecular weight is 294 g/mol. The lowest BCUT2D eigenvalue weighted by Crippen LogP contribution is -3.15. The summed E-state index contributed by atoms with van der Waals surface area (Å²) in [5.41, 5.74) is 1.33. The Hall–Kier alpha value is -1.17. The van der Waals surface area contributed by atoms with E-state index >= 15 is 0 Å². The second-order valence-corrected chi connectivity index (χ2v) is 5.56. The maximum Gasteiger partial charge on any atom is 0.169 e. The Balaban J connectivity index is 1.66. The molecule has 1 aliphatic rings. The number of thiocarbonyl (C=S) groups is 1. The van der Waals surface area contributed by atoms with E-state index in [-0.39, 0.29) is 6.61 Å². The van der Waals surface area contributed by atoms with Gasteiger partial charge in [0, 0.05) is 6.54 Å². The predicted molar refractivity (Wildman–Crippen MR) is 85.0 cm³/mol. The number of hydrogen-bond donors (Lipinski definition) is 3. The van der Waals surface area contributed by atoms with Gasteiger partial charge in [0.2, 0.25) is 0 Å². The Kier molecular flexibility index (Phi) is 6.24. The molecule has 0 unspecified atom stereocenters. The van der Waals surface area contributed by atoms with Gasteiger partial charge in [0.25, 0.3) is 0 Å². The SMILES string of the molecule is OCC[NH+]1CCN(C(=S)NCCc2ccccc2)CC1. The third-order valence-electron chi connectivity index (χ3n) is 3.76. The topological polar surface area (TPSA) is 39.9 Å². The van der Waals surface area contributed by atoms with Gasteiger partial charge in [-0.3, -0.25) is 0 Å². The lowest BCUT2D eigenvalue weighted by molar-refractivity contribution is -0.904. The van der Waals surface area contributed by atoms with Crippen LogP contribution in [0.2, 0.25) is 0 Å². The minimum absolute atomic E-state index is 0.273. The first-order valence-electron chi connectivity index (χ1n) is 7.30. The van der Waals surface area contributed by atoms with Crippen LogP contribution >= 0.6 is 12.2 Å². The summed E-state index contributed by atoms with van der Waals surface area (Å²) in [4.78, 5) is 3.71. The standard InChI is InChI=1S/C15H23N3OS/c19-13-12-17-8-10-18(11-9-17)15(20)16-7-6-14-4-2-1-3-5-14/h1-5,19H,6-13H2,(H,16,20)/p+1. The fourth-order valence-corrected chi connectivity index (χ4v) is 2.79. The lowest BCUT2D eigenvalue weighted by atomic mass is 10.1. The fraction of sp³-hybridized carbons (Fsp3) is 0.533. The van der Waals surface area contributed by atoms with E-state index < -0.39 is 0 Å². The van der Waals surface area contributed by atoms with Crippen LogP contribution in [-0.4, -0.2) is 61.0 Å². The number of benzene rings is 1. The van der Waals surface area contributed by atoms with Crippen LogP contribution in [0.1, 0.15) is 5.56 Å². The molecule has 2 rings (SSSR count). The number of piperazine rings is 1. The Morgan fingerprint density at radius 1 is 1.25 bits per heavy atom. The Bertz CT molecular complexity index is 405. The van der Waals surface area contributed by atoms with E-state index in [2.05, 4.69) is 34.5 Å². The molecule has 1 aromatic rings. The average Bonchev–Trinajstić information content (AvgIpc) is 2.49. The maximum absolute atomic E-state index is 8.95. The second kappa shape index (κ2) is 8.19. The minimum Gasteiger partial charge on any atom is -0.391 e. The van der Waals surface area contributed by atoms with Crippen molar-refractivity contribution in [3.05, 3.63) is 35.9 Å². The molecule has 1 aromatic carbocycles. The van der Waals surface area contributed by atoms with Gasteiger partial charge in [-0.15, -0.1) is 0 Å². The highest BCUT2D eigenvalue weighted by Crippen LogP contribution is 1.99. The zero-order chi connectivity index (χ0) is 14.2. The summed E-state index contributed by atoms with van der Waals surface area (Å²) in [6.45, 7) is 6.07. The number of nitrogens with one attached hydrogen (secondary N) is 2. The van der Waals surface area contributed by atoms with Crippen LogP contribution in [0.4, 0.5) is 0 Å². The monoisotopic (exact) mass is 294 g/mol. The summed E-state index contributed by atoms with van der Waals surface area (Å²) >= 11 is 5.45. The number of nitrogens with zero attached hydrogens (tertiary/aromatic N) is 1. The highest BCUT2D eigenvalue weighted by Gasteiger charge is 2.20.